The van der Waals surface area contributed by atoms with Gasteiger partial charge >= 0.3 is 0 Å². The van der Waals surface area contributed by atoms with Gasteiger partial charge in [-0.3, -0.25) is 0 Å². The van der Waals surface area contributed by atoms with Crippen LogP contribution in [0.1, 0.15) is 31.2 Å². The molecule has 0 unspecified atom stereocenters. The van der Waals surface area contributed by atoms with Crippen LogP contribution in [0.3, 0.4) is 0 Å². The van der Waals surface area contributed by atoms with E-state index in [4.69, 9.17) is 5.73 Å². The lowest BCUT2D eigenvalue weighted by molar-refractivity contribution is 0.277. The summed E-state index contributed by atoms with van der Waals surface area (Å²) in [6.07, 6.45) is 5.27. The number of tetrazole rings is 1. The van der Waals surface area contributed by atoms with Gasteiger partial charge < -0.3 is 5.73 Å². The molecule has 0 spiro atoms. The Bertz CT molecular complexity index is 571. The van der Waals surface area contributed by atoms with Crippen LogP contribution in [0, 0.1) is 12.8 Å². The molecule has 1 fully saturated rings. The number of rotatable bonds is 4. The quantitative estimate of drug-likeness (QED) is 0.854. The van der Waals surface area contributed by atoms with Crippen molar-refractivity contribution < 1.29 is 0 Å². The number of aryl methyl sites for hydroxylation is 2. The Morgan fingerprint density at radius 1 is 1.37 bits per heavy atom. The summed E-state index contributed by atoms with van der Waals surface area (Å²) >= 11 is 0. The molecule has 2 N–H and O–H groups in total. The molecule has 100 valence electrons. The van der Waals surface area contributed by atoms with Crippen molar-refractivity contribution in [2.75, 3.05) is 5.73 Å². The third kappa shape index (κ3) is 2.45. The summed E-state index contributed by atoms with van der Waals surface area (Å²) in [6, 6.07) is 5.93. The lowest BCUT2D eigenvalue weighted by Gasteiger charge is -2.24. The lowest BCUT2D eigenvalue weighted by Crippen LogP contribution is -2.15. The highest BCUT2D eigenvalue weighted by atomic mass is 15.5. The highest BCUT2D eigenvalue weighted by molar-refractivity contribution is 5.61. The molecular formula is C14H19N5. The molecule has 0 amide bonds. The minimum absolute atomic E-state index is 0.803. The normalized spacial score (nSPS) is 15.4. The summed E-state index contributed by atoms with van der Waals surface area (Å²) in [4.78, 5) is 0. The maximum atomic E-state index is 5.85. The first-order chi connectivity index (χ1) is 9.24. The molecule has 1 aliphatic carbocycles. The van der Waals surface area contributed by atoms with Crippen molar-refractivity contribution in [2.45, 2.75) is 39.2 Å². The SMILES string of the molecule is Cc1cc(-c2nnnn2CCC2CCC2)ccc1N. The van der Waals surface area contributed by atoms with Crippen LogP contribution in [0.25, 0.3) is 11.4 Å². The number of nitrogen functional groups attached to an aromatic ring is 1. The van der Waals surface area contributed by atoms with Gasteiger partial charge in [0.05, 0.1) is 0 Å². The van der Waals surface area contributed by atoms with Gasteiger partial charge in [-0.05, 0) is 53.5 Å². The second kappa shape index (κ2) is 4.99. The first kappa shape index (κ1) is 12.1. The van der Waals surface area contributed by atoms with Crippen LogP contribution in [0.2, 0.25) is 0 Å². The molecule has 5 nitrogen and oxygen atoms in total. The number of benzene rings is 1. The fourth-order valence-corrected chi connectivity index (χ4v) is 2.46. The number of hydrogen-bond acceptors (Lipinski definition) is 4. The van der Waals surface area contributed by atoms with Crippen LogP contribution in [0.15, 0.2) is 18.2 Å². The minimum Gasteiger partial charge on any atom is -0.399 e. The van der Waals surface area contributed by atoms with Crippen LogP contribution in [0.5, 0.6) is 0 Å². The zero-order chi connectivity index (χ0) is 13.2. The van der Waals surface area contributed by atoms with Crippen molar-refractivity contribution in [1.29, 1.82) is 0 Å². The molecule has 0 aliphatic heterocycles. The first-order valence-electron chi connectivity index (χ1n) is 6.86. The molecule has 0 radical (unpaired) electrons. The van der Waals surface area contributed by atoms with E-state index in [0.717, 1.165) is 35.1 Å². The summed E-state index contributed by atoms with van der Waals surface area (Å²) < 4.78 is 1.91. The van der Waals surface area contributed by atoms with E-state index in [9.17, 15) is 0 Å². The Hall–Kier alpha value is -1.91. The second-order valence-corrected chi connectivity index (χ2v) is 5.38. The van der Waals surface area contributed by atoms with E-state index in [2.05, 4.69) is 15.5 Å². The molecule has 1 aromatic heterocycles. The Balaban J connectivity index is 1.79. The Morgan fingerprint density at radius 3 is 2.89 bits per heavy atom. The van der Waals surface area contributed by atoms with Crippen LogP contribution in [0.4, 0.5) is 5.69 Å². The van der Waals surface area contributed by atoms with E-state index >= 15 is 0 Å². The summed E-state index contributed by atoms with van der Waals surface area (Å²) in [5.41, 5.74) is 8.74. The monoisotopic (exact) mass is 257 g/mol. The predicted octanol–water partition coefficient (Wildman–Crippen LogP) is 2.42. The van der Waals surface area contributed by atoms with E-state index in [1.54, 1.807) is 0 Å². The van der Waals surface area contributed by atoms with Gasteiger partial charge in [-0.2, -0.15) is 0 Å². The summed E-state index contributed by atoms with van der Waals surface area (Å²) in [6.45, 7) is 2.90. The minimum atomic E-state index is 0.803. The molecular weight excluding hydrogens is 238 g/mol. The smallest absolute Gasteiger partial charge is 0.182 e. The van der Waals surface area contributed by atoms with E-state index in [1.807, 2.05) is 29.8 Å². The van der Waals surface area contributed by atoms with Crippen LogP contribution in [-0.4, -0.2) is 20.2 Å². The van der Waals surface area contributed by atoms with Crippen molar-refractivity contribution >= 4 is 5.69 Å². The fourth-order valence-electron chi connectivity index (χ4n) is 2.46. The number of nitrogens with two attached hydrogens (primary N) is 1. The molecule has 3 rings (SSSR count). The maximum absolute atomic E-state index is 5.85. The maximum Gasteiger partial charge on any atom is 0.182 e. The average molecular weight is 257 g/mol. The van der Waals surface area contributed by atoms with Gasteiger partial charge in [-0.25, -0.2) is 4.68 Å². The molecule has 2 aromatic rings. The summed E-state index contributed by atoms with van der Waals surface area (Å²) in [7, 11) is 0. The van der Waals surface area contributed by atoms with Gasteiger partial charge in [0.25, 0.3) is 0 Å². The largest absolute Gasteiger partial charge is 0.399 e. The Labute approximate surface area is 112 Å². The molecule has 1 aromatic carbocycles. The molecule has 5 heteroatoms. The first-order valence-corrected chi connectivity index (χ1v) is 6.86. The highest BCUT2D eigenvalue weighted by Crippen LogP contribution is 2.30. The summed E-state index contributed by atoms with van der Waals surface area (Å²) in [5.74, 6) is 1.70. The van der Waals surface area contributed by atoms with Gasteiger partial charge in [0.2, 0.25) is 0 Å². The topological polar surface area (TPSA) is 69.6 Å². The molecule has 0 saturated heterocycles. The third-order valence-corrected chi connectivity index (χ3v) is 4.03. The number of anilines is 1. The average Bonchev–Trinajstić information content (AvgIpc) is 2.79. The van der Waals surface area contributed by atoms with Crippen molar-refractivity contribution in [2.24, 2.45) is 5.92 Å². The molecule has 1 saturated carbocycles. The number of aromatic nitrogens is 4. The zero-order valence-corrected chi connectivity index (χ0v) is 11.2. The van der Waals surface area contributed by atoms with Crippen molar-refractivity contribution in [3.8, 4) is 11.4 Å². The van der Waals surface area contributed by atoms with Crippen molar-refractivity contribution in [3.05, 3.63) is 23.8 Å². The van der Waals surface area contributed by atoms with Crippen LogP contribution in [-0.2, 0) is 6.54 Å². The molecule has 1 heterocycles. The molecule has 0 bridgehead atoms. The fraction of sp³-hybridized carbons (Fsp3) is 0.500. The van der Waals surface area contributed by atoms with E-state index in [1.165, 1.54) is 25.7 Å². The molecule has 19 heavy (non-hydrogen) atoms. The highest BCUT2D eigenvalue weighted by Gasteiger charge is 2.18. The summed E-state index contributed by atoms with van der Waals surface area (Å²) in [5, 5.41) is 12.0. The Morgan fingerprint density at radius 2 is 2.21 bits per heavy atom. The van der Waals surface area contributed by atoms with Crippen LogP contribution >= 0.6 is 0 Å². The van der Waals surface area contributed by atoms with Gasteiger partial charge in [0.15, 0.2) is 5.82 Å². The standard InChI is InChI=1S/C14H19N5/c1-10-9-12(5-6-13(10)15)14-16-17-18-19(14)8-7-11-3-2-4-11/h5-6,9,11H,2-4,7-8,15H2,1H3. The predicted molar refractivity (Wildman–Crippen MR) is 74.4 cm³/mol. The second-order valence-electron chi connectivity index (χ2n) is 5.38. The number of hydrogen-bond donors (Lipinski definition) is 1. The molecule has 0 atom stereocenters. The molecule has 1 aliphatic rings. The van der Waals surface area contributed by atoms with Crippen molar-refractivity contribution in [1.82, 2.24) is 20.2 Å². The van der Waals surface area contributed by atoms with Gasteiger partial charge in [-0.1, -0.05) is 19.3 Å². The van der Waals surface area contributed by atoms with Gasteiger partial charge in [-0.15, -0.1) is 5.10 Å². The van der Waals surface area contributed by atoms with E-state index in [-0.39, 0.29) is 0 Å². The van der Waals surface area contributed by atoms with Gasteiger partial charge in [0.1, 0.15) is 0 Å². The van der Waals surface area contributed by atoms with Crippen LogP contribution < -0.4 is 5.73 Å². The van der Waals surface area contributed by atoms with Gasteiger partial charge in [0, 0.05) is 17.8 Å². The lowest BCUT2D eigenvalue weighted by atomic mass is 9.83. The van der Waals surface area contributed by atoms with E-state index < -0.39 is 0 Å². The number of nitrogens with zero attached hydrogens (tertiary/aromatic N) is 4. The Kier molecular flexibility index (Phi) is 3.19. The van der Waals surface area contributed by atoms with Crippen molar-refractivity contribution in [3.63, 3.8) is 0 Å². The third-order valence-electron chi connectivity index (χ3n) is 4.03. The van der Waals surface area contributed by atoms with E-state index in [0.29, 0.717) is 0 Å². The zero-order valence-electron chi connectivity index (χ0n) is 11.2.